The van der Waals surface area contributed by atoms with Gasteiger partial charge in [0.25, 0.3) is 0 Å². The summed E-state index contributed by atoms with van der Waals surface area (Å²) in [5.41, 5.74) is 2.96. The summed E-state index contributed by atoms with van der Waals surface area (Å²) in [4.78, 5) is 11.3. The highest BCUT2D eigenvalue weighted by atomic mass is 19.1. The Morgan fingerprint density at radius 3 is 2.62 bits per heavy atom. The molecule has 7 nitrogen and oxygen atoms in total. The van der Waals surface area contributed by atoms with Gasteiger partial charge in [-0.15, -0.1) is 0 Å². The van der Waals surface area contributed by atoms with E-state index >= 15 is 0 Å². The topological polar surface area (TPSA) is 64.4 Å². The van der Waals surface area contributed by atoms with Crippen molar-refractivity contribution in [2.75, 3.05) is 31.6 Å². The Morgan fingerprint density at radius 2 is 1.88 bits per heavy atom. The van der Waals surface area contributed by atoms with Crippen LogP contribution < -0.4 is 10.1 Å². The van der Waals surface area contributed by atoms with E-state index in [1.165, 1.54) is 0 Å². The average molecular weight is 462 g/mol. The molecule has 0 saturated carbocycles. The lowest BCUT2D eigenvalue weighted by Gasteiger charge is -2.26. The third-order valence-electron chi connectivity index (χ3n) is 5.72. The van der Waals surface area contributed by atoms with Crippen LogP contribution >= 0.6 is 0 Å². The number of ether oxygens (including phenoxy) is 2. The largest absolute Gasteiger partial charge is 0.491 e. The van der Waals surface area contributed by atoms with Gasteiger partial charge in [0.05, 0.1) is 19.3 Å². The minimum atomic E-state index is -0.220. The summed E-state index contributed by atoms with van der Waals surface area (Å²) in [5.74, 6) is 1.06. The lowest BCUT2D eigenvalue weighted by Crippen LogP contribution is -2.35. The normalized spacial score (nSPS) is 14.6. The van der Waals surface area contributed by atoms with Crippen LogP contribution in [0.3, 0.4) is 0 Å². The molecule has 0 radical (unpaired) electrons. The van der Waals surface area contributed by atoms with Crippen LogP contribution in [0.5, 0.6) is 5.75 Å². The van der Waals surface area contributed by atoms with E-state index in [1.807, 2.05) is 67.1 Å². The molecule has 0 bridgehead atoms. The molecule has 0 unspecified atom stereocenters. The van der Waals surface area contributed by atoms with E-state index in [2.05, 4.69) is 20.2 Å². The van der Waals surface area contributed by atoms with Crippen molar-refractivity contribution in [3.63, 3.8) is 0 Å². The summed E-state index contributed by atoms with van der Waals surface area (Å²) in [6.45, 7) is 7.61. The van der Waals surface area contributed by atoms with Crippen molar-refractivity contribution >= 4 is 22.7 Å². The number of aromatic nitrogens is 3. The lowest BCUT2D eigenvalue weighted by atomic mass is 10.1. The van der Waals surface area contributed by atoms with Crippen LogP contribution in [-0.4, -0.2) is 51.8 Å². The number of fused-ring (bicyclic) bond motifs is 1. The molecular weight excluding hydrogens is 433 g/mol. The molecule has 0 aliphatic carbocycles. The van der Waals surface area contributed by atoms with Gasteiger partial charge in [-0.25, -0.2) is 9.37 Å². The summed E-state index contributed by atoms with van der Waals surface area (Å²) in [5, 5.41) is 4.11. The molecule has 4 aromatic rings. The second-order valence-corrected chi connectivity index (χ2v) is 8.64. The first-order valence-electron chi connectivity index (χ1n) is 11.5. The summed E-state index contributed by atoms with van der Waals surface area (Å²) in [6, 6.07) is 14.9. The van der Waals surface area contributed by atoms with E-state index < -0.39 is 0 Å². The van der Waals surface area contributed by atoms with Gasteiger partial charge in [0.1, 0.15) is 17.2 Å². The second-order valence-electron chi connectivity index (χ2n) is 8.64. The first kappa shape index (κ1) is 22.3. The number of hydrogen-bond donors (Lipinski definition) is 1. The molecule has 3 heterocycles. The number of morpholine rings is 1. The molecule has 0 amide bonds. The van der Waals surface area contributed by atoms with Crippen molar-refractivity contribution in [2.24, 2.45) is 0 Å². The van der Waals surface area contributed by atoms with Gasteiger partial charge in [-0.1, -0.05) is 6.07 Å². The molecule has 0 atom stereocenters. The highest BCUT2D eigenvalue weighted by Crippen LogP contribution is 2.24. The molecule has 1 saturated heterocycles. The molecule has 2 aromatic carbocycles. The van der Waals surface area contributed by atoms with Crippen molar-refractivity contribution in [1.82, 2.24) is 19.4 Å². The lowest BCUT2D eigenvalue weighted by molar-refractivity contribution is 0.0337. The number of halogens is 1. The van der Waals surface area contributed by atoms with Crippen molar-refractivity contribution < 1.29 is 13.9 Å². The van der Waals surface area contributed by atoms with E-state index in [1.54, 1.807) is 12.3 Å². The van der Waals surface area contributed by atoms with Gasteiger partial charge in [0.15, 0.2) is 0 Å². The summed E-state index contributed by atoms with van der Waals surface area (Å²) < 4.78 is 27.9. The van der Waals surface area contributed by atoms with Gasteiger partial charge in [-0.2, -0.15) is 4.98 Å². The Bertz CT molecular complexity index is 1270. The molecule has 5 rings (SSSR count). The highest BCUT2D eigenvalue weighted by molar-refractivity contribution is 5.78. The average Bonchev–Trinajstić information content (AvgIpc) is 3.25. The number of anilines is 2. The van der Waals surface area contributed by atoms with Gasteiger partial charge < -0.3 is 19.4 Å². The van der Waals surface area contributed by atoms with Crippen LogP contribution in [-0.2, 0) is 11.3 Å². The van der Waals surface area contributed by atoms with Crippen molar-refractivity contribution in [2.45, 2.75) is 26.5 Å². The Hall–Kier alpha value is -3.49. The molecule has 1 aliphatic rings. The van der Waals surface area contributed by atoms with Crippen LogP contribution in [0, 0.1) is 5.82 Å². The van der Waals surface area contributed by atoms with Gasteiger partial charge >= 0.3 is 0 Å². The van der Waals surface area contributed by atoms with Gasteiger partial charge in [-0.05, 0) is 56.3 Å². The van der Waals surface area contributed by atoms with E-state index in [9.17, 15) is 4.39 Å². The van der Waals surface area contributed by atoms with Crippen LogP contribution in [0.15, 0.2) is 60.9 Å². The van der Waals surface area contributed by atoms with Crippen molar-refractivity contribution in [3.05, 3.63) is 72.3 Å². The first-order valence-corrected chi connectivity index (χ1v) is 11.5. The van der Waals surface area contributed by atoms with E-state index in [0.29, 0.717) is 36.9 Å². The maximum atomic E-state index is 14.9. The molecule has 1 aliphatic heterocycles. The van der Waals surface area contributed by atoms with Crippen LogP contribution in [0.2, 0.25) is 0 Å². The SMILES string of the molecule is CC(C)Oc1ccc(Nc2ncc3ccn(-c4ccc(CN5CCOCC5)c(F)c4)c3n2)cc1. The van der Waals surface area contributed by atoms with Crippen molar-refractivity contribution in [3.8, 4) is 11.4 Å². The minimum Gasteiger partial charge on any atom is -0.491 e. The van der Waals surface area contributed by atoms with Gasteiger partial charge in [0, 0.05) is 54.4 Å². The maximum Gasteiger partial charge on any atom is 0.229 e. The Morgan fingerprint density at radius 1 is 1.09 bits per heavy atom. The fourth-order valence-corrected chi connectivity index (χ4v) is 4.02. The molecule has 1 N–H and O–H groups in total. The Balaban J connectivity index is 1.36. The number of rotatable bonds is 7. The van der Waals surface area contributed by atoms with Crippen LogP contribution in [0.25, 0.3) is 16.7 Å². The highest BCUT2D eigenvalue weighted by Gasteiger charge is 2.15. The summed E-state index contributed by atoms with van der Waals surface area (Å²) >= 11 is 0. The number of nitrogens with one attached hydrogen (secondary N) is 1. The second kappa shape index (κ2) is 9.79. The molecule has 0 spiro atoms. The minimum absolute atomic E-state index is 0.121. The number of benzene rings is 2. The third kappa shape index (κ3) is 5.03. The summed E-state index contributed by atoms with van der Waals surface area (Å²) in [7, 11) is 0. The van der Waals surface area contributed by atoms with Crippen molar-refractivity contribution in [1.29, 1.82) is 0 Å². The Kier molecular flexibility index (Phi) is 6.42. The van der Waals surface area contributed by atoms with E-state index in [4.69, 9.17) is 9.47 Å². The first-order chi connectivity index (χ1) is 16.5. The van der Waals surface area contributed by atoms with Gasteiger partial charge in [-0.3, -0.25) is 4.90 Å². The molecule has 1 fully saturated rings. The smallest absolute Gasteiger partial charge is 0.229 e. The van der Waals surface area contributed by atoms with Gasteiger partial charge in [0.2, 0.25) is 5.95 Å². The standard InChI is InChI=1S/C26H28FN5O2/c1-18(2)34-23-7-4-21(5-8-23)29-26-28-16-19-9-10-32(25(19)30-26)22-6-3-20(24(27)15-22)17-31-11-13-33-14-12-31/h3-10,15-16,18H,11-14,17H2,1-2H3,(H,28,29,30). The zero-order valence-electron chi connectivity index (χ0n) is 19.4. The quantitative estimate of drug-likeness (QED) is 0.421. The monoisotopic (exact) mass is 461 g/mol. The van der Waals surface area contributed by atoms with Crippen LogP contribution in [0.1, 0.15) is 19.4 Å². The van der Waals surface area contributed by atoms with E-state index in [0.717, 1.165) is 35.6 Å². The maximum absolute atomic E-state index is 14.9. The summed E-state index contributed by atoms with van der Waals surface area (Å²) in [6.07, 6.45) is 3.77. The third-order valence-corrected chi connectivity index (χ3v) is 5.72. The zero-order valence-corrected chi connectivity index (χ0v) is 19.4. The fourth-order valence-electron chi connectivity index (χ4n) is 4.02. The molecule has 34 heavy (non-hydrogen) atoms. The molecule has 2 aromatic heterocycles. The predicted molar refractivity (Wildman–Crippen MR) is 130 cm³/mol. The number of nitrogens with zero attached hydrogens (tertiary/aromatic N) is 4. The number of hydrogen-bond acceptors (Lipinski definition) is 6. The molecular formula is C26H28FN5O2. The fraction of sp³-hybridized carbons (Fsp3) is 0.308. The molecule has 176 valence electrons. The predicted octanol–water partition coefficient (Wildman–Crippen LogP) is 4.92. The Labute approximate surface area is 198 Å². The van der Waals surface area contributed by atoms with E-state index in [-0.39, 0.29) is 11.9 Å². The molecule has 8 heteroatoms. The van der Waals surface area contributed by atoms with Crippen LogP contribution in [0.4, 0.5) is 16.0 Å². The zero-order chi connectivity index (χ0) is 23.5.